The second kappa shape index (κ2) is 5.71. The van der Waals surface area contributed by atoms with E-state index in [1.54, 1.807) is 12.3 Å². The van der Waals surface area contributed by atoms with Crippen LogP contribution in [-0.4, -0.2) is 9.97 Å². The summed E-state index contributed by atoms with van der Waals surface area (Å²) in [6, 6.07) is 13.6. The van der Waals surface area contributed by atoms with E-state index in [9.17, 15) is 0 Å². The summed E-state index contributed by atoms with van der Waals surface area (Å²) in [6.45, 7) is 0.451. The van der Waals surface area contributed by atoms with Gasteiger partial charge in [0.25, 0.3) is 0 Å². The zero-order valence-electron chi connectivity index (χ0n) is 10.6. The Kier molecular flexibility index (Phi) is 3.78. The maximum absolute atomic E-state index is 6.18. The van der Waals surface area contributed by atoms with Crippen LogP contribution in [0, 0.1) is 0 Å². The molecule has 2 heterocycles. The van der Waals surface area contributed by atoms with Crippen LogP contribution in [0.3, 0.4) is 0 Å². The van der Waals surface area contributed by atoms with Gasteiger partial charge in [-0.05, 0) is 12.1 Å². The number of hydrogen-bond donors (Lipinski definition) is 1. The Hall–Kier alpha value is -1.75. The molecule has 3 rings (SSSR count). The molecule has 3 nitrogen and oxygen atoms in total. The molecule has 1 aromatic carbocycles. The zero-order chi connectivity index (χ0) is 13.9. The monoisotopic (exact) mass is 301 g/mol. The molecule has 0 saturated heterocycles. The fraction of sp³-hybridized carbons (Fsp3) is 0.0667. The number of nitrogens with zero attached hydrogens (tertiary/aromatic N) is 2. The van der Waals surface area contributed by atoms with Crippen molar-refractivity contribution in [1.82, 2.24) is 9.97 Å². The average molecular weight is 302 g/mol. The molecule has 0 bridgehead atoms. The van der Waals surface area contributed by atoms with E-state index >= 15 is 0 Å². The van der Waals surface area contributed by atoms with E-state index in [4.69, 9.17) is 17.3 Å². The zero-order valence-corrected chi connectivity index (χ0v) is 12.2. The molecule has 0 aliphatic carbocycles. The molecule has 20 heavy (non-hydrogen) atoms. The summed E-state index contributed by atoms with van der Waals surface area (Å²) in [4.78, 5) is 10.0. The summed E-state index contributed by atoms with van der Waals surface area (Å²) in [5.74, 6) is 0. The van der Waals surface area contributed by atoms with Gasteiger partial charge in [0.1, 0.15) is 10.7 Å². The van der Waals surface area contributed by atoms with Crippen molar-refractivity contribution in [3.8, 4) is 22.0 Å². The van der Waals surface area contributed by atoms with Crippen LogP contribution in [0.15, 0.2) is 48.7 Å². The molecular formula is C15H12ClN3S. The second-order valence-electron chi connectivity index (χ2n) is 4.19. The van der Waals surface area contributed by atoms with E-state index in [-0.39, 0.29) is 0 Å². The van der Waals surface area contributed by atoms with E-state index in [1.807, 2.05) is 36.4 Å². The SMILES string of the molecule is NCc1sc(-c2ncccc2Cl)nc1-c1ccccc1. The quantitative estimate of drug-likeness (QED) is 0.796. The molecule has 0 atom stereocenters. The van der Waals surface area contributed by atoms with Crippen LogP contribution >= 0.6 is 22.9 Å². The van der Waals surface area contributed by atoms with Gasteiger partial charge in [-0.2, -0.15) is 0 Å². The van der Waals surface area contributed by atoms with Gasteiger partial charge in [0.2, 0.25) is 0 Å². The lowest BCUT2D eigenvalue weighted by Gasteiger charge is -1.99. The first-order valence-corrected chi connectivity index (χ1v) is 7.35. The van der Waals surface area contributed by atoms with Gasteiger partial charge in [-0.15, -0.1) is 11.3 Å². The Morgan fingerprint density at radius 2 is 1.85 bits per heavy atom. The lowest BCUT2D eigenvalue weighted by molar-refractivity contribution is 1.10. The number of rotatable bonds is 3. The van der Waals surface area contributed by atoms with Crippen LogP contribution in [-0.2, 0) is 6.54 Å². The van der Waals surface area contributed by atoms with Gasteiger partial charge in [-0.3, -0.25) is 4.98 Å². The van der Waals surface area contributed by atoms with Crippen LogP contribution in [0.25, 0.3) is 22.0 Å². The Balaban J connectivity index is 2.13. The van der Waals surface area contributed by atoms with Crippen molar-refractivity contribution in [1.29, 1.82) is 0 Å². The summed E-state index contributed by atoms with van der Waals surface area (Å²) in [5.41, 5.74) is 8.51. The lowest BCUT2D eigenvalue weighted by Crippen LogP contribution is -1.95. The minimum Gasteiger partial charge on any atom is -0.326 e. The molecular weight excluding hydrogens is 290 g/mol. The Morgan fingerprint density at radius 1 is 1.05 bits per heavy atom. The fourth-order valence-electron chi connectivity index (χ4n) is 1.96. The smallest absolute Gasteiger partial charge is 0.144 e. The van der Waals surface area contributed by atoms with Crippen molar-refractivity contribution in [3.63, 3.8) is 0 Å². The highest BCUT2D eigenvalue weighted by molar-refractivity contribution is 7.15. The highest BCUT2D eigenvalue weighted by Crippen LogP contribution is 2.35. The first-order chi connectivity index (χ1) is 9.79. The first-order valence-electron chi connectivity index (χ1n) is 6.15. The number of pyridine rings is 1. The van der Waals surface area contributed by atoms with E-state index in [2.05, 4.69) is 9.97 Å². The molecule has 0 fully saturated rings. The third kappa shape index (κ3) is 2.45. The highest BCUT2D eigenvalue weighted by Gasteiger charge is 2.15. The lowest BCUT2D eigenvalue weighted by atomic mass is 10.1. The molecule has 0 radical (unpaired) electrons. The van der Waals surface area contributed by atoms with E-state index < -0.39 is 0 Å². The molecule has 0 aliphatic rings. The number of halogens is 1. The van der Waals surface area contributed by atoms with Gasteiger partial charge in [-0.25, -0.2) is 4.98 Å². The maximum atomic E-state index is 6.18. The Bertz CT molecular complexity index is 725. The number of hydrogen-bond acceptors (Lipinski definition) is 4. The molecule has 0 aliphatic heterocycles. The third-order valence-corrected chi connectivity index (χ3v) is 4.28. The normalized spacial score (nSPS) is 10.7. The molecule has 0 unspecified atom stereocenters. The van der Waals surface area contributed by atoms with Crippen molar-refractivity contribution in [3.05, 3.63) is 58.6 Å². The van der Waals surface area contributed by atoms with Gasteiger partial charge >= 0.3 is 0 Å². The topological polar surface area (TPSA) is 51.8 Å². The minimum atomic E-state index is 0.451. The van der Waals surface area contributed by atoms with E-state index in [0.29, 0.717) is 17.3 Å². The number of nitrogens with two attached hydrogens (primary N) is 1. The summed E-state index contributed by atoms with van der Waals surface area (Å²) < 4.78 is 0. The third-order valence-electron chi connectivity index (χ3n) is 2.89. The summed E-state index contributed by atoms with van der Waals surface area (Å²) in [6.07, 6.45) is 1.72. The minimum absolute atomic E-state index is 0.451. The van der Waals surface area contributed by atoms with Crippen molar-refractivity contribution < 1.29 is 0 Å². The van der Waals surface area contributed by atoms with Crippen LogP contribution < -0.4 is 5.73 Å². The van der Waals surface area contributed by atoms with Crippen molar-refractivity contribution in [2.24, 2.45) is 5.73 Å². The highest BCUT2D eigenvalue weighted by atomic mass is 35.5. The van der Waals surface area contributed by atoms with Gasteiger partial charge in [-0.1, -0.05) is 41.9 Å². The van der Waals surface area contributed by atoms with Crippen molar-refractivity contribution in [2.75, 3.05) is 0 Å². The standard InChI is InChI=1S/C15H12ClN3S/c16-11-7-4-8-18-14(11)15-19-13(12(9-17)20-15)10-5-2-1-3-6-10/h1-8H,9,17H2. The summed E-state index contributed by atoms with van der Waals surface area (Å²) in [7, 11) is 0. The van der Waals surface area contributed by atoms with Crippen LogP contribution in [0.4, 0.5) is 0 Å². The van der Waals surface area contributed by atoms with Crippen LogP contribution in [0.5, 0.6) is 0 Å². The second-order valence-corrected chi connectivity index (χ2v) is 5.69. The molecule has 0 spiro atoms. The number of benzene rings is 1. The maximum Gasteiger partial charge on any atom is 0.144 e. The molecule has 0 saturated carbocycles. The predicted molar refractivity (Wildman–Crippen MR) is 83.7 cm³/mol. The molecule has 0 amide bonds. The van der Waals surface area contributed by atoms with Gasteiger partial charge in [0.15, 0.2) is 0 Å². The van der Waals surface area contributed by atoms with E-state index in [1.165, 1.54) is 11.3 Å². The van der Waals surface area contributed by atoms with E-state index in [0.717, 1.165) is 21.1 Å². The molecule has 2 aromatic heterocycles. The van der Waals surface area contributed by atoms with Crippen LogP contribution in [0.2, 0.25) is 5.02 Å². The van der Waals surface area contributed by atoms with Crippen LogP contribution in [0.1, 0.15) is 4.88 Å². The average Bonchev–Trinajstić information content (AvgIpc) is 2.92. The van der Waals surface area contributed by atoms with Crippen molar-refractivity contribution >= 4 is 22.9 Å². The Labute approximate surface area is 126 Å². The molecule has 2 N–H and O–H groups in total. The van der Waals surface area contributed by atoms with Gasteiger partial charge in [0.05, 0.1) is 10.7 Å². The van der Waals surface area contributed by atoms with Gasteiger partial charge < -0.3 is 5.73 Å². The summed E-state index contributed by atoms with van der Waals surface area (Å²) in [5, 5.41) is 1.40. The Morgan fingerprint density at radius 3 is 2.55 bits per heavy atom. The predicted octanol–water partition coefficient (Wildman–Crippen LogP) is 3.98. The fourth-order valence-corrected chi connectivity index (χ4v) is 3.20. The number of aromatic nitrogens is 2. The number of thiazole rings is 1. The molecule has 5 heteroatoms. The first kappa shape index (κ1) is 13.2. The molecule has 3 aromatic rings. The van der Waals surface area contributed by atoms with Gasteiger partial charge in [0, 0.05) is 23.2 Å². The summed E-state index contributed by atoms with van der Waals surface area (Å²) >= 11 is 7.72. The van der Waals surface area contributed by atoms with Crippen molar-refractivity contribution in [2.45, 2.75) is 6.54 Å². The molecule has 100 valence electrons. The largest absolute Gasteiger partial charge is 0.326 e.